The number of rotatable bonds is 4. The molecule has 1 aliphatic carbocycles. The van der Waals surface area contributed by atoms with Crippen molar-refractivity contribution in [2.75, 3.05) is 21.9 Å². The van der Waals surface area contributed by atoms with Gasteiger partial charge in [0.2, 0.25) is 15.9 Å². The Balaban J connectivity index is 1.84. The van der Waals surface area contributed by atoms with Crippen LogP contribution in [-0.4, -0.2) is 26.6 Å². The summed E-state index contributed by atoms with van der Waals surface area (Å²) in [6.45, 7) is 2.31. The summed E-state index contributed by atoms with van der Waals surface area (Å²) >= 11 is 0. The Morgan fingerprint density at radius 2 is 2.05 bits per heavy atom. The fourth-order valence-electron chi connectivity index (χ4n) is 3.32. The first-order chi connectivity index (χ1) is 10.5. The molecule has 0 saturated heterocycles. The smallest absolute Gasteiger partial charge is 0.232 e. The molecule has 2 aliphatic rings. The number of anilines is 2. The monoisotopic (exact) mass is 322 g/mol. The van der Waals surface area contributed by atoms with E-state index >= 15 is 0 Å². The number of nitrogens with zero attached hydrogens (tertiary/aromatic N) is 1. The highest BCUT2D eigenvalue weighted by molar-refractivity contribution is 7.92. The van der Waals surface area contributed by atoms with Gasteiger partial charge in [-0.15, -0.1) is 0 Å². The quantitative estimate of drug-likeness (QED) is 0.926. The van der Waals surface area contributed by atoms with Crippen molar-refractivity contribution in [3.8, 4) is 0 Å². The fraction of sp³-hybridized carbons (Fsp3) is 0.562. The van der Waals surface area contributed by atoms with Gasteiger partial charge in [0.25, 0.3) is 0 Å². The van der Waals surface area contributed by atoms with Crippen LogP contribution in [0.1, 0.15) is 38.2 Å². The standard InChI is InChI=1S/C16H22N2O3S/c1-2-22(20,21)17-14-8-7-12-9-10-18(15(12)11-14)16(19)13-5-3-4-6-13/h7-8,11,13,17H,2-6,9-10H2,1H3. The number of sulfonamides is 1. The van der Waals surface area contributed by atoms with Crippen molar-refractivity contribution >= 4 is 27.3 Å². The summed E-state index contributed by atoms with van der Waals surface area (Å²) in [5.41, 5.74) is 2.52. The van der Waals surface area contributed by atoms with Gasteiger partial charge in [-0.2, -0.15) is 0 Å². The van der Waals surface area contributed by atoms with Crippen LogP contribution in [0.5, 0.6) is 0 Å². The Bertz CT molecular complexity index is 679. The van der Waals surface area contributed by atoms with E-state index in [0.717, 1.165) is 43.4 Å². The first kappa shape index (κ1) is 15.3. The zero-order valence-corrected chi connectivity index (χ0v) is 13.7. The van der Waals surface area contributed by atoms with Crippen LogP contribution in [-0.2, 0) is 21.2 Å². The summed E-state index contributed by atoms with van der Waals surface area (Å²) in [5, 5.41) is 0. The minimum atomic E-state index is -3.30. The molecule has 5 nitrogen and oxygen atoms in total. The lowest BCUT2D eigenvalue weighted by Crippen LogP contribution is -2.33. The Labute approximate surface area is 131 Å². The number of carbonyl (C=O) groups excluding carboxylic acids is 1. The number of amides is 1. The van der Waals surface area contributed by atoms with E-state index in [0.29, 0.717) is 12.2 Å². The van der Waals surface area contributed by atoms with E-state index in [1.54, 1.807) is 19.1 Å². The third-order valence-corrected chi connectivity index (χ3v) is 5.91. The third-order valence-electron chi connectivity index (χ3n) is 4.60. The van der Waals surface area contributed by atoms with Crippen molar-refractivity contribution in [3.05, 3.63) is 23.8 Å². The van der Waals surface area contributed by atoms with Crippen LogP contribution in [0.25, 0.3) is 0 Å². The highest BCUT2D eigenvalue weighted by Crippen LogP contribution is 2.35. The average molecular weight is 322 g/mol. The van der Waals surface area contributed by atoms with E-state index in [2.05, 4.69) is 4.72 Å². The normalized spacial score (nSPS) is 18.5. The molecular formula is C16H22N2O3S. The van der Waals surface area contributed by atoms with E-state index in [1.165, 1.54) is 0 Å². The van der Waals surface area contributed by atoms with Crippen LogP contribution in [0.15, 0.2) is 18.2 Å². The lowest BCUT2D eigenvalue weighted by atomic mass is 10.1. The van der Waals surface area contributed by atoms with Crippen LogP contribution in [0.2, 0.25) is 0 Å². The van der Waals surface area contributed by atoms with Gasteiger partial charge in [-0.1, -0.05) is 18.9 Å². The number of carbonyl (C=O) groups is 1. The maximum atomic E-state index is 12.7. The largest absolute Gasteiger partial charge is 0.312 e. The van der Waals surface area contributed by atoms with Gasteiger partial charge in [0.15, 0.2) is 0 Å². The first-order valence-electron chi connectivity index (χ1n) is 7.95. The molecule has 120 valence electrons. The number of benzene rings is 1. The predicted molar refractivity (Wildman–Crippen MR) is 87.5 cm³/mol. The highest BCUT2D eigenvalue weighted by atomic mass is 32.2. The number of fused-ring (bicyclic) bond motifs is 1. The molecule has 1 saturated carbocycles. The minimum Gasteiger partial charge on any atom is -0.312 e. The lowest BCUT2D eigenvalue weighted by molar-refractivity contribution is -0.122. The SMILES string of the molecule is CCS(=O)(=O)Nc1ccc2c(c1)N(C(=O)C1CCCC1)CC2. The van der Waals surface area contributed by atoms with Crippen molar-refractivity contribution in [3.63, 3.8) is 0 Å². The molecule has 0 radical (unpaired) electrons. The molecule has 1 aromatic carbocycles. The Hall–Kier alpha value is -1.56. The molecule has 0 bridgehead atoms. The molecule has 22 heavy (non-hydrogen) atoms. The second-order valence-electron chi connectivity index (χ2n) is 6.07. The molecule has 1 aromatic rings. The maximum Gasteiger partial charge on any atom is 0.232 e. The van der Waals surface area contributed by atoms with Crippen LogP contribution in [0.3, 0.4) is 0 Å². The molecule has 0 aromatic heterocycles. The van der Waals surface area contributed by atoms with Crippen molar-refractivity contribution in [1.29, 1.82) is 0 Å². The van der Waals surface area contributed by atoms with Crippen LogP contribution < -0.4 is 9.62 Å². The molecule has 3 rings (SSSR count). The molecule has 1 N–H and O–H groups in total. The van der Waals surface area contributed by atoms with Gasteiger partial charge in [0.1, 0.15) is 0 Å². The van der Waals surface area contributed by atoms with Crippen LogP contribution in [0, 0.1) is 5.92 Å². The second-order valence-corrected chi connectivity index (χ2v) is 8.08. The summed E-state index contributed by atoms with van der Waals surface area (Å²) in [7, 11) is -3.30. The van der Waals surface area contributed by atoms with E-state index in [9.17, 15) is 13.2 Å². The number of nitrogens with one attached hydrogen (secondary N) is 1. The molecule has 6 heteroatoms. The topological polar surface area (TPSA) is 66.5 Å². The van der Waals surface area contributed by atoms with Gasteiger partial charge in [-0.3, -0.25) is 9.52 Å². The van der Waals surface area contributed by atoms with Crippen LogP contribution >= 0.6 is 0 Å². The summed E-state index contributed by atoms with van der Waals surface area (Å²) in [6, 6.07) is 5.49. The molecule has 0 atom stereocenters. The van der Waals surface area contributed by atoms with E-state index in [-0.39, 0.29) is 17.6 Å². The Morgan fingerprint density at radius 3 is 2.73 bits per heavy atom. The van der Waals surface area contributed by atoms with Crippen molar-refractivity contribution in [1.82, 2.24) is 0 Å². The van der Waals surface area contributed by atoms with E-state index in [4.69, 9.17) is 0 Å². The van der Waals surface area contributed by atoms with Gasteiger partial charge >= 0.3 is 0 Å². The van der Waals surface area contributed by atoms with Gasteiger partial charge < -0.3 is 4.90 Å². The van der Waals surface area contributed by atoms with Gasteiger partial charge in [0.05, 0.1) is 11.4 Å². The zero-order chi connectivity index (χ0) is 15.7. The fourth-order valence-corrected chi connectivity index (χ4v) is 3.95. The summed E-state index contributed by atoms with van der Waals surface area (Å²) in [4.78, 5) is 14.5. The number of hydrogen-bond acceptors (Lipinski definition) is 3. The summed E-state index contributed by atoms with van der Waals surface area (Å²) < 4.78 is 26.0. The molecule has 1 aliphatic heterocycles. The molecule has 1 fully saturated rings. The average Bonchev–Trinajstić information content (AvgIpc) is 3.15. The Kier molecular flexibility index (Phi) is 4.12. The van der Waals surface area contributed by atoms with Crippen LogP contribution in [0.4, 0.5) is 11.4 Å². The third kappa shape index (κ3) is 2.97. The van der Waals surface area contributed by atoms with Crippen molar-refractivity contribution in [2.45, 2.75) is 39.0 Å². The molecule has 1 amide bonds. The first-order valence-corrected chi connectivity index (χ1v) is 9.60. The molecule has 1 heterocycles. The lowest BCUT2D eigenvalue weighted by Gasteiger charge is -2.21. The minimum absolute atomic E-state index is 0.0365. The molecule has 0 unspecified atom stereocenters. The molecule has 0 spiro atoms. The van der Waals surface area contributed by atoms with E-state index in [1.807, 2.05) is 11.0 Å². The summed E-state index contributed by atoms with van der Waals surface area (Å²) in [6.07, 6.45) is 5.06. The summed E-state index contributed by atoms with van der Waals surface area (Å²) in [5.74, 6) is 0.378. The predicted octanol–water partition coefficient (Wildman–Crippen LogP) is 2.53. The van der Waals surface area contributed by atoms with E-state index < -0.39 is 10.0 Å². The molecular weight excluding hydrogens is 300 g/mol. The van der Waals surface area contributed by atoms with Crippen molar-refractivity contribution in [2.24, 2.45) is 5.92 Å². The number of hydrogen-bond donors (Lipinski definition) is 1. The maximum absolute atomic E-state index is 12.7. The van der Waals surface area contributed by atoms with Gasteiger partial charge in [0, 0.05) is 18.2 Å². The Morgan fingerprint density at radius 1 is 1.32 bits per heavy atom. The van der Waals surface area contributed by atoms with Crippen molar-refractivity contribution < 1.29 is 13.2 Å². The second kappa shape index (κ2) is 5.91. The highest BCUT2D eigenvalue weighted by Gasteiger charge is 2.32. The van der Waals surface area contributed by atoms with Gasteiger partial charge in [-0.05, 0) is 43.9 Å². The van der Waals surface area contributed by atoms with Gasteiger partial charge in [-0.25, -0.2) is 8.42 Å². The zero-order valence-electron chi connectivity index (χ0n) is 12.8.